The summed E-state index contributed by atoms with van der Waals surface area (Å²) in [6.45, 7) is 0. The van der Waals surface area contributed by atoms with Crippen molar-refractivity contribution < 1.29 is 9.13 Å². The van der Waals surface area contributed by atoms with E-state index in [1.165, 1.54) is 45.6 Å². The molecule has 1 aliphatic carbocycles. The van der Waals surface area contributed by atoms with Crippen LogP contribution in [0, 0.1) is 11.7 Å². The van der Waals surface area contributed by atoms with Gasteiger partial charge in [0.1, 0.15) is 0 Å². The number of hydrogen-bond acceptors (Lipinski definition) is 2. The summed E-state index contributed by atoms with van der Waals surface area (Å²) in [6.07, 6.45) is 10.1. The van der Waals surface area contributed by atoms with E-state index in [9.17, 15) is 4.39 Å². The third kappa shape index (κ3) is 4.70. The fourth-order valence-corrected chi connectivity index (χ4v) is 3.40. The molecule has 1 saturated carbocycles. The molecule has 3 heteroatoms. The van der Waals surface area contributed by atoms with Gasteiger partial charge in [-0.05, 0) is 43.9 Å². The van der Waals surface area contributed by atoms with Gasteiger partial charge in [-0.25, -0.2) is 4.39 Å². The van der Waals surface area contributed by atoms with Crippen LogP contribution in [-0.4, -0.2) is 20.2 Å². The van der Waals surface area contributed by atoms with Crippen molar-refractivity contribution in [2.24, 2.45) is 5.92 Å². The van der Waals surface area contributed by atoms with Crippen LogP contribution in [0.1, 0.15) is 50.5 Å². The molecule has 1 aliphatic rings. The minimum absolute atomic E-state index is 0.210. The van der Waals surface area contributed by atoms with Crippen molar-refractivity contribution in [2.75, 3.05) is 14.2 Å². The van der Waals surface area contributed by atoms with E-state index in [1.807, 2.05) is 19.2 Å². The average molecular weight is 293 g/mol. The van der Waals surface area contributed by atoms with Crippen molar-refractivity contribution in [3.63, 3.8) is 0 Å². The first-order valence-electron chi connectivity index (χ1n) is 8.23. The first-order valence-corrected chi connectivity index (χ1v) is 8.23. The molecule has 21 heavy (non-hydrogen) atoms. The Bertz CT molecular complexity index is 429. The molecule has 0 radical (unpaired) electrons. The molecule has 1 atom stereocenters. The molecule has 2 rings (SSSR count). The van der Waals surface area contributed by atoms with Crippen molar-refractivity contribution in [3.05, 3.63) is 29.6 Å². The molecule has 0 aromatic heterocycles. The van der Waals surface area contributed by atoms with E-state index in [2.05, 4.69) is 5.32 Å². The summed E-state index contributed by atoms with van der Waals surface area (Å²) < 4.78 is 19.3. The Balaban J connectivity index is 1.89. The summed E-state index contributed by atoms with van der Waals surface area (Å²) in [6, 6.07) is 5.75. The monoisotopic (exact) mass is 293 g/mol. The van der Waals surface area contributed by atoms with Crippen LogP contribution < -0.4 is 10.1 Å². The van der Waals surface area contributed by atoms with Crippen molar-refractivity contribution in [1.82, 2.24) is 5.32 Å². The molecule has 1 N–H and O–H groups in total. The zero-order valence-corrected chi connectivity index (χ0v) is 13.3. The second-order valence-corrected chi connectivity index (χ2v) is 6.20. The Labute approximate surface area is 128 Å². The number of halogens is 1. The molecule has 1 aromatic rings. The molecule has 1 fully saturated rings. The number of ether oxygens (including phenoxy) is 1. The minimum Gasteiger partial charge on any atom is -0.494 e. The van der Waals surface area contributed by atoms with E-state index in [4.69, 9.17) is 4.74 Å². The van der Waals surface area contributed by atoms with E-state index >= 15 is 0 Å². The molecule has 118 valence electrons. The lowest BCUT2D eigenvalue weighted by atomic mass is 9.84. The van der Waals surface area contributed by atoms with Crippen LogP contribution in [0.15, 0.2) is 18.2 Å². The highest BCUT2D eigenvalue weighted by Gasteiger charge is 2.17. The predicted octanol–water partition coefficient (Wildman–Crippen LogP) is 4.33. The maximum Gasteiger partial charge on any atom is 0.168 e. The van der Waals surface area contributed by atoms with Crippen LogP contribution in [0.5, 0.6) is 5.75 Å². The maximum atomic E-state index is 14.2. The number of likely N-dealkylation sites (N-methyl/N-ethyl adjacent to an activating group) is 1. The molecule has 1 unspecified atom stereocenters. The van der Waals surface area contributed by atoms with E-state index in [0.717, 1.165) is 24.3 Å². The molecule has 0 heterocycles. The Morgan fingerprint density at radius 1 is 1.29 bits per heavy atom. The van der Waals surface area contributed by atoms with Crippen molar-refractivity contribution in [1.29, 1.82) is 0 Å². The molecule has 0 aliphatic heterocycles. The number of nitrogens with one attached hydrogen (secondary N) is 1. The summed E-state index contributed by atoms with van der Waals surface area (Å²) in [7, 11) is 3.49. The zero-order chi connectivity index (χ0) is 15.1. The SMILES string of the molecule is CNC(CCC1CCCCC1)Cc1cccc(OC)c1F. The molecular weight excluding hydrogens is 265 g/mol. The highest BCUT2D eigenvalue weighted by Crippen LogP contribution is 2.28. The van der Waals surface area contributed by atoms with Gasteiger partial charge in [0.25, 0.3) is 0 Å². The van der Waals surface area contributed by atoms with Gasteiger partial charge in [-0.15, -0.1) is 0 Å². The fourth-order valence-electron chi connectivity index (χ4n) is 3.40. The number of methoxy groups -OCH3 is 1. The first kappa shape index (κ1) is 16.3. The van der Waals surface area contributed by atoms with Gasteiger partial charge in [0.05, 0.1) is 7.11 Å². The van der Waals surface area contributed by atoms with Crippen molar-refractivity contribution >= 4 is 0 Å². The highest BCUT2D eigenvalue weighted by molar-refractivity contribution is 5.31. The summed E-state index contributed by atoms with van der Waals surface area (Å²) in [4.78, 5) is 0. The number of hydrogen-bond donors (Lipinski definition) is 1. The molecule has 2 nitrogen and oxygen atoms in total. The van der Waals surface area contributed by atoms with Gasteiger partial charge in [0.15, 0.2) is 11.6 Å². The van der Waals surface area contributed by atoms with E-state index in [-0.39, 0.29) is 5.82 Å². The molecule has 0 amide bonds. The summed E-state index contributed by atoms with van der Waals surface area (Å²) in [5.41, 5.74) is 0.748. The van der Waals surface area contributed by atoms with E-state index in [0.29, 0.717) is 11.8 Å². The van der Waals surface area contributed by atoms with Crippen LogP contribution in [-0.2, 0) is 6.42 Å². The van der Waals surface area contributed by atoms with Crippen LogP contribution in [0.4, 0.5) is 4.39 Å². The summed E-state index contributed by atoms with van der Waals surface area (Å²) in [5, 5.41) is 3.35. The van der Waals surface area contributed by atoms with Gasteiger partial charge >= 0.3 is 0 Å². The quantitative estimate of drug-likeness (QED) is 0.808. The van der Waals surface area contributed by atoms with Crippen LogP contribution in [0.25, 0.3) is 0 Å². The average Bonchev–Trinajstić information content (AvgIpc) is 2.54. The second-order valence-electron chi connectivity index (χ2n) is 6.20. The molecular formula is C18H28FNO. The third-order valence-corrected chi connectivity index (χ3v) is 4.79. The second kappa shape index (κ2) is 8.38. The van der Waals surface area contributed by atoms with Gasteiger partial charge in [0, 0.05) is 6.04 Å². The van der Waals surface area contributed by atoms with E-state index < -0.39 is 0 Å². The fraction of sp³-hybridized carbons (Fsp3) is 0.667. The van der Waals surface area contributed by atoms with Crippen LogP contribution in [0.3, 0.4) is 0 Å². The minimum atomic E-state index is -0.210. The van der Waals surface area contributed by atoms with Gasteiger partial charge in [0.2, 0.25) is 0 Å². The van der Waals surface area contributed by atoms with Crippen molar-refractivity contribution in [2.45, 2.75) is 57.4 Å². The Morgan fingerprint density at radius 3 is 2.71 bits per heavy atom. The lowest BCUT2D eigenvalue weighted by Gasteiger charge is -2.24. The van der Waals surface area contributed by atoms with Crippen molar-refractivity contribution in [3.8, 4) is 5.75 Å². The molecule has 0 spiro atoms. The normalized spacial score (nSPS) is 17.7. The summed E-state index contributed by atoms with van der Waals surface area (Å²) in [5.74, 6) is 1.01. The standard InChI is InChI=1S/C18H28FNO/c1-20-16(12-11-14-7-4-3-5-8-14)13-15-9-6-10-17(21-2)18(15)19/h6,9-10,14,16,20H,3-5,7-8,11-13H2,1-2H3. The highest BCUT2D eigenvalue weighted by atomic mass is 19.1. The van der Waals surface area contributed by atoms with E-state index in [1.54, 1.807) is 6.07 Å². The van der Waals surface area contributed by atoms with Gasteiger partial charge < -0.3 is 10.1 Å². The third-order valence-electron chi connectivity index (χ3n) is 4.79. The lowest BCUT2D eigenvalue weighted by molar-refractivity contribution is 0.315. The number of rotatable bonds is 7. The zero-order valence-electron chi connectivity index (χ0n) is 13.3. The largest absolute Gasteiger partial charge is 0.494 e. The molecule has 0 bridgehead atoms. The van der Waals surface area contributed by atoms with Crippen LogP contribution >= 0.6 is 0 Å². The van der Waals surface area contributed by atoms with Gasteiger partial charge in [-0.2, -0.15) is 0 Å². The topological polar surface area (TPSA) is 21.3 Å². The maximum absolute atomic E-state index is 14.2. The first-order chi connectivity index (χ1) is 10.2. The lowest BCUT2D eigenvalue weighted by Crippen LogP contribution is -2.29. The smallest absolute Gasteiger partial charge is 0.168 e. The van der Waals surface area contributed by atoms with Crippen LogP contribution in [0.2, 0.25) is 0 Å². The Kier molecular flexibility index (Phi) is 6.50. The van der Waals surface area contributed by atoms with Gasteiger partial charge in [-0.1, -0.05) is 44.2 Å². The predicted molar refractivity (Wildman–Crippen MR) is 85.3 cm³/mol. The molecule has 0 saturated heterocycles. The number of benzene rings is 1. The van der Waals surface area contributed by atoms with Gasteiger partial charge in [-0.3, -0.25) is 0 Å². The summed E-state index contributed by atoms with van der Waals surface area (Å²) >= 11 is 0. The molecule has 1 aromatic carbocycles. The Hall–Kier alpha value is -1.09. The Morgan fingerprint density at radius 2 is 2.05 bits per heavy atom.